The molecule has 0 aliphatic carbocycles. The van der Waals surface area contributed by atoms with Crippen molar-refractivity contribution in [2.24, 2.45) is 0 Å². The minimum Gasteiger partial charge on any atom is -0.423 e. The van der Waals surface area contributed by atoms with Crippen molar-refractivity contribution in [3.63, 3.8) is 0 Å². The summed E-state index contributed by atoms with van der Waals surface area (Å²) in [6.07, 6.45) is 0. The van der Waals surface area contributed by atoms with Gasteiger partial charge in [-0.2, -0.15) is 0 Å². The molecule has 0 atom stereocenters. The van der Waals surface area contributed by atoms with Gasteiger partial charge in [0.05, 0.1) is 0 Å². The molecule has 3 aromatic rings. The van der Waals surface area contributed by atoms with E-state index in [-0.39, 0.29) is 0 Å². The molecule has 0 aliphatic heterocycles. The quantitative estimate of drug-likeness (QED) is 0.512. The first-order valence-electron chi connectivity index (χ1n) is 7.08. The van der Waals surface area contributed by atoms with Crippen LogP contribution in [0.3, 0.4) is 0 Å². The first-order valence-corrected chi connectivity index (χ1v) is 7.08. The molecule has 0 saturated heterocycles. The molecule has 4 heteroatoms. The lowest BCUT2D eigenvalue weighted by atomic mass is 9.72. The van der Waals surface area contributed by atoms with Crippen LogP contribution in [0.5, 0.6) is 0 Å². The minimum atomic E-state index is -1.56. The fraction of sp³-hybridized carbons (Fsp3) is 0. The van der Waals surface area contributed by atoms with Gasteiger partial charge in [-0.3, -0.25) is 0 Å². The fourth-order valence-corrected chi connectivity index (χ4v) is 2.68. The molecule has 0 amide bonds. The molecule has 3 aromatic carbocycles. The van der Waals surface area contributed by atoms with Gasteiger partial charge >= 0.3 is 7.12 Å². The van der Waals surface area contributed by atoms with E-state index in [1.54, 1.807) is 12.1 Å². The second-order valence-corrected chi connectivity index (χ2v) is 5.10. The van der Waals surface area contributed by atoms with E-state index in [0.29, 0.717) is 11.2 Å². The van der Waals surface area contributed by atoms with E-state index in [4.69, 9.17) is 5.73 Å². The number of nitrogen functional groups attached to an aromatic ring is 1. The van der Waals surface area contributed by atoms with Crippen LogP contribution in [-0.4, -0.2) is 17.2 Å². The van der Waals surface area contributed by atoms with Gasteiger partial charge in [0.25, 0.3) is 0 Å². The van der Waals surface area contributed by atoms with Gasteiger partial charge in [-0.25, -0.2) is 0 Å². The molecule has 0 heterocycles. The van der Waals surface area contributed by atoms with Gasteiger partial charge in [0, 0.05) is 11.3 Å². The van der Waals surface area contributed by atoms with Crippen molar-refractivity contribution in [2.75, 3.05) is 5.73 Å². The van der Waals surface area contributed by atoms with Crippen molar-refractivity contribution >= 4 is 18.3 Å². The molecule has 108 valence electrons. The molecule has 0 aliphatic rings. The third kappa shape index (κ3) is 2.62. The van der Waals surface area contributed by atoms with Gasteiger partial charge in [-0.05, 0) is 28.2 Å². The average Bonchev–Trinajstić information content (AvgIpc) is 2.56. The number of hydrogen-bond donors (Lipinski definition) is 3. The summed E-state index contributed by atoms with van der Waals surface area (Å²) in [5, 5.41) is 19.5. The molecule has 0 unspecified atom stereocenters. The fourth-order valence-electron chi connectivity index (χ4n) is 2.68. The number of hydrogen-bond acceptors (Lipinski definition) is 3. The first kappa shape index (κ1) is 14.4. The van der Waals surface area contributed by atoms with Gasteiger partial charge in [0.1, 0.15) is 0 Å². The molecular formula is C18H16BNO2. The zero-order valence-electron chi connectivity index (χ0n) is 12.0. The van der Waals surface area contributed by atoms with Crippen LogP contribution in [0, 0.1) is 0 Å². The maximum atomic E-state index is 9.74. The lowest BCUT2D eigenvalue weighted by Gasteiger charge is -2.17. The van der Waals surface area contributed by atoms with Crippen LogP contribution in [0.15, 0.2) is 72.8 Å². The smallest absolute Gasteiger partial charge is 0.423 e. The minimum absolute atomic E-state index is 0.444. The first-order chi connectivity index (χ1) is 10.7. The normalized spacial score (nSPS) is 10.5. The van der Waals surface area contributed by atoms with Crippen LogP contribution in [0.4, 0.5) is 5.69 Å². The summed E-state index contributed by atoms with van der Waals surface area (Å²) >= 11 is 0. The van der Waals surface area contributed by atoms with E-state index in [1.807, 2.05) is 60.7 Å². The second kappa shape index (κ2) is 6.06. The number of benzene rings is 3. The summed E-state index contributed by atoms with van der Waals surface area (Å²) < 4.78 is 0. The predicted octanol–water partition coefficient (Wildman–Crippen LogP) is 2.28. The summed E-state index contributed by atoms with van der Waals surface area (Å²) in [4.78, 5) is 0. The van der Waals surface area contributed by atoms with Crippen LogP contribution >= 0.6 is 0 Å². The Balaban J connectivity index is 2.36. The van der Waals surface area contributed by atoms with E-state index in [9.17, 15) is 10.0 Å². The Morgan fingerprint density at radius 2 is 1.14 bits per heavy atom. The van der Waals surface area contributed by atoms with Crippen molar-refractivity contribution in [1.29, 1.82) is 0 Å². The lowest BCUT2D eigenvalue weighted by molar-refractivity contribution is 0.426. The summed E-state index contributed by atoms with van der Waals surface area (Å²) in [5.74, 6) is 0. The van der Waals surface area contributed by atoms with Crippen LogP contribution < -0.4 is 11.2 Å². The Morgan fingerprint density at radius 1 is 0.636 bits per heavy atom. The molecular weight excluding hydrogens is 273 g/mol. The zero-order valence-corrected chi connectivity index (χ0v) is 12.0. The number of rotatable bonds is 3. The van der Waals surface area contributed by atoms with Crippen LogP contribution in [0.1, 0.15) is 0 Å². The summed E-state index contributed by atoms with van der Waals surface area (Å²) in [7, 11) is -1.56. The van der Waals surface area contributed by atoms with Crippen molar-refractivity contribution in [2.45, 2.75) is 0 Å². The average molecular weight is 289 g/mol. The highest BCUT2D eigenvalue weighted by atomic mass is 16.4. The lowest BCUT2D eigenvalue weighted by Crippen LogP contribution is -2.32. The number of nitrogens with two attached hydrogens (primary N) is 1. The highest BCUT2D eigenvalue weighted by Crippen LogP contribution is 2.35. The van der Waals surface area contributed by atoms with E-state index in [2.05, 4.69) is 0 Å². The SMILES string of the molecule is Nc1ccc(B(O)O)c(-c2ccccc2)c1-c1ccccc1. The Morgan fingerprint density at radius 3 is 1.64 bits per heavy atom. The molecule has 0 spiro atoms. The third-order valence-electron chi connectivity index (χ3n) is 3.67. The largest absolute Gasteiger partial charge is 0.489 e. The zero-order chi connectivity index (χ0) is 15.5. The Labute approximate surface area is 129 Å². The molecule has 0 aromatic heterocycles. The Bertz CT molecular complexity index is 774. The molecule has 0 fully saturated rings. The van der Waals surface area contributed by atoms with Gasteiger partial charge in [0.2, 0.25) is 0 Å². The molecule has 22 heavy (non-hydrogen) atoms. The summed E-state index contributed by atoms with van der Waals surface area (Å²) in [6.45, 7) is 0. The highest BCUT2D eigenvalue weighted by Gasteiger charge is 2.22. The molecule has 3 nitrogen and oxygen atoms in total. The second-order valence-electron chi connectivity index (χ2n) is 5.10. The summed E-state index contributed by atoms with van der Waals surface area (Å²) in [5.41, 5.74) is 10.7. The maximum Gasteiger partial charge on any atom is 0.489 e. The monoisotopic (exact) mass is 289 g/mol. The summed E-state index contributed by atoms with van der Waals surface area (Å²) in [6, 6.07) is 22.7. The maximum absolute atomic E-state index is 9.74. The van der Waals surface area contributed by atoms with E-state index in [1.165, 1.54) is 0 Å². The highest BCUT2D eigenvalue weighted by molar-refractivity contribution is 6.61. The topological polar surface area (TPSA) is 66.5 Å². The van der Waals surface area contributed by atoms with Crippen molar-refractivity contribution in [1.82, 2.24) is 0 Å². The van der Waals surface area contributed by atoms with Crippen LogP contribution in [0.25, 0.3) is 22.3 Å². The van der Waals surface area contributed by atoms with Crippen molar-refractivity contribution in [3.05, 3.63) is 72.8 Å². The Hall–Kier alpha value is -2.56. The standard InChI is InChI=1S/C18H16BNO2/c20-16-12-11-15(19(21)22)17(13-7-3-1-4-8-13)18(16)14-9-5-2-6-10-14/h1-12,21-22H,20H2. The van der Waals surface area contributed by atoms with E-state index in [0.717, 1.165) is 22.3 Å². The van der Waals surface area contributed by atoms with Gasteiger partial charge in [-0.15, -0.1) is 0 Å². The van der Waals surface area contributed by atoms with Crippen LogP contribution in [0.2, 0.25) is 0 Å². The van der Waals surface area contributed by atoms with Crippen molar-refractivity contribution < 1.29 is 10.0 Å². The molecule has 0 bridgehead atoms. The van der Waals surface area contributed by atoms with E-state index >= 15 is 0 Å². The van der Waals surface area contributed by atoms with Crippen LogP contribution in [-0.2, 0) is 0 Å². The van der Waals surface area contributed by atoms with Crippen molar-refractivity contribution in [3.8, 4) is 22.3 Å². The third-order valence-corrected chi connectivity index (χ3v) is 3.67. The molecule has 3 rings (SSSR count). The molecule has 0 radical (unpaired) electrons. The van der Waals surface area contributed by atoms with Gasteiger partial charge in [-0.1, -0.05) is 66.7 Å². The van der Waals surface area contributed by atoms with Gasteiger partial charge in [0.15, 0.2) is 0 Å². The van der Waals surface area contributed by atoms with Gasteiger partial charge < -0.3 is 15.8 Å². The number of anilines is 1. The molecule has 0 saturated carbocycles. The van der Waals surface area contributed by atoms with E-state index < -0.39 is 7.12 Å². The predicted molar refractivity (Wildman–Crippen MR) is 91.6 cm³/mol. The Kier molecular flexibility index (Phi) is 3.96. The molecule has 4 N–H and O–H groups in total.